The number of benzene rings is 1. The summed E-state index contributed by atoms with van der Waals surface area (Å²) in [5.74, 6) is 1.53. The highest BCUT2D eigenvalue weighted by Crippen LogP contribution is 2.37. The summed E-state index contributed by atoms with van der Waals surface area (Å²) in [6.45, 7) is 4.07. The van der Waals surface area contributed by atoms with Crippen LogP contribution in [0.25, 0.3) is 0 Å². The molecule has 5 heteroatoms. The second-order valence-electron chi connectivity index (χ2n) is 5.99. The van der Waals surface area contributed by atoms with Crippen LogP contribution in [0.3, 0.4) is 0 Å². The highest BCUT2D eigenvalue weighted by molar-refractivity contribution is 5.27. The maximum Gasteiger partial charge on any atom is 0.119 e. The Kier molecular flexibility index (Phi) is 4.73. The number of nitrogens with two attached hydrogens (primary N) is 1. The summed E-state index contributed by atoms with van der Waals surface area (Å²) in [4.78, 5) is 0. The number of aromatic nitrogens is 3. The van der Waals surface area contributed by atoms with Gasteiger partial charge in [-0.1, -0.05) is 23.8 Å². The monoisotopic (exact) mass is 300 g/mol. The van der Waals surface area contributed by atoms with Crippen molar-refractivity contribution in [1.82, 2.24) is 15.0 Å². The van der Waals surface area contributed by atoms with Crippen molar-refractivity contribution in [3.8, 4) is 5.75 Å². The van der Waals surface area contributed by atoms with Gasteiger partial charge in [0, 0.05) is 25.4 Å². The molecule has 3 rings (SSSR count). The lowest BCUT2D eigenvalue weighted by Crippen LogP contribution is -2.18. The Morgan fingerprint density at radius 2 is 2.23 bits per heavy atom. The van der Waals surface area contributed by atoms with Gasteiger partial charge < -0.3 is 10.5 Å². The van der Waals surface area contributed by atoms with Crippen LogP contribution in [0.5, 0.6) is 5.75 Å². The molecule has 1 saturated carbocycles. The van der Waals surface area contributed by atoms with Crippen molar-refractivity contribution in [2.45, 2.75) is 51.6 Å². The smallest absolute Gasteiger partial charge is 0.119 e. The lowest BCUT2D eigenvalue weighted by Gasteiger charge is -2.26. The van der Waals surface area contributed by atoms with E-state index in [9.17, 15) is 0 Å². The molecule has 1 aliphatic carbocycles. The van der Waals surface area contributed by atoms with Gasteiger partial charge in [0.2, 0.25) is 0 Å². The summed E-state index contributed by atoms with van der Waals surface area (Å²) < 4.78 is 7.83. The minimum atomic E-state index is 0.478. The number of aryl methyl sites for hydroxylation is 2. The van der Waals surface area contributed by atoms with E-state index in [4.69, 9.17) is 10.5 Å². The summed E-state index contributed by atoms with van der Waals surface area (Å²) in [5.41, 5.74) is 9.22. The van der Waals surface area contributed by atoms with E-state index < -0.39 is 0 Å². The second kappa shape index (κ2) is 6.92. The first-order valence-electron chi connectivity index (χ1n) is 8.09. The maximum atomic E-state index is 5.80. The molecule has 0 spiro atoms. The van der Waals surface area contributed by atoms with Crippen molar-refractivity contribution in [3.05, 3.63) is 41.2 Å². The SMILES string of the molecule is Cc1cccc(OCCCn2nnc(CN)c2C2CCC2)c1. The molecule has 0 radical (unpaired) electrons. The van der Waals surface area contributed by atoms with Crippen LogP contribution in [0.2, 0.25) is 0 Å². The quantitative estimate of drug-likeness (QED) is 0.799. The van der Waals surface area contributed by atoms with Gasteiger partial charge in [0.25, 0.3) is 0 Å². The summed E-state index contributed by atoms with van der Waals surface area (Å²) in [6, 6.07) is 8.14. The maximum absolute atomic E-state index is 5.80. The van der Waals surface area contributed by atoms with E-state index in [1.807, 2.05) is 16.8 Å². The summed E-state index contributed by atoms with van der Waals surface area (Å²) in [6.07, 6.45) is 4.69. The topological polar surface area (TPSA) is 66.0 Å². The van der Waals surface area contributed by atoms with Crippen molar-refractivity contribution >= 4 is 0 Å². The van der Waals surface area contributed by atoms with Gasteiger partial charge in [0.05, 0.1) is 18.0 Å². The molecule has 0 atom stereocenters. The van der Waals surface area contributed by atoms with Crippen LogP contribution in [0.4, 0.5) is 0 Å². The summed E-state index contributed by atoms with van der Waals surface area (Å²) >= 11 is 0. The number of ether oxygens (including phenoxy) is 1. The third-order valence-corrected chi connectivity index (χ3v) is 4.30. The van der Waals surface area contributed by atoms with Crippen molar-refractivity contribution in [2.24, 2.45) is 5.73 Å². The van der Waals surface area contributed by atoms with Gasteiger partial charge in [0.15, 0.2) is 0 Å². The Morgan fingerprint density at radius 1 is 1.36 bits per heavy atom. The lowest BCUT2D eigenvalue weighted by molar-refractivity contribution is 0.293. The van der Waals surface area contributed by atoms with Crippen molar-refractivity contribution in [3.63, 3.8) is 0 Å². The first-order chi connectivity index (χ1) is 10.8. The molecule has 118 valence electrons. The van der Waals surface area contributed by atoms with Gasteiger partial charge in [-0.2, -0.15) is 0 Å². The highest BCUT2D eigenvalue weighted by Gasteiger charge is 2.26. The second-order valence-corrected chi connectivity index (χ2v) is 5.99. The van der Waals surface area contributed by atoms with E-state index in [-0.39, 0.29) is 0 Å². The molecule has 0 unspecified atom stereocenters. The molecule has 1 aliphatic rings. The molecule has 1 aromatic carbocycles. The predicted octanol–water partition coefficient (Wildman–Crippen LogP) is 2.78. The molecule has 0 amide bonds. The molecular weight excluding hydrogens is 276 g/mol. The Bertz CT molecular complexity index is 619. The minimum absolute atomic E-state index is 0.478. The Labute approximate surface area is 131 Å². The third kappa shape index (κ3) is 3.30. The number of hydrogen-bond acceptors (Lipinski definition) is 4. The lowest BCUT2D eigenvalue weighted by atomic mass is 9.82. The van der Waals surface area contributed by atoms with E-state index >= 15 is 0 Å². The van der Waals surface area contributed by atoms with E-state index in [2.05, 4.69) is 29.4 Å². The molecule has 5 nitrogen and oxygen atoms in total. The standard InChI is InChI=1S/C17H24N4O/c1-13-5-2-8-15(11-13)22-10-4-9-21-17(14-6-3-7-14)16(12-18)19-20-21/h2,5,8,11,14H,3-4,6-7,9-10,12,18H2,1H3. The highest BCUT2D eigenvalue weighted by atomic mass is 16.5. The van der Waals surface area contributed by atoms with E-state index in [0.29, 0.717) is 19.1 Å². The average molecular weight is 300 g/mol. The molecule has 2 N–H and O–H groups in total. The first-order valence-corrected chi connectivity index (χ1v) is 8.09. The van der Waals surface area contributed by atoms with Gasteiger partial charge in [-0.3, -0.25) is 0 Å². The Balaban J connectivity index is 1.54. The molecule has 2 aromatic rings. The van der Waals surface area contributed by atoms with Crippen LogP contribution in [-0.4, -0.2) is 21.6 Å². The van der Waals surface area contributed by atoms with Crippen molar-refractivity contribution in [1.29, 1.82) is 0 Å². The van der Waals surface area contributed by atoms with Crippen LogP contribution < -0.4 is 10.5 Å². The van der Waals surface area contributed by atoms with Gasteiger partial charge >= 0.3 is 0 Å². The predicted molar refractivity (Wildman–Crippen MR) is 85.8 cm³/mol. The Morgan fingerprint density at radius 3 is 2.91 bits per heavy atom. The molecule has 0 aliphatic heterocycles. The zero-order valence-corrected chi connectivity index (χ0v) is 13.2. The van der Waals surface area contributed by atoms with Crippen LogP contribution in [0.1, 0.15) is 48.6 Å². The molecule has 1 aromatic heterocycles. The van der Waals surface area contributed by atoms with Gasteiger partial charge in [-0.15, -0.1) is 5.10 Å². The fourth-order valence-corrected chi connectivity index (χ4v) is 2.90. The average Bonchev–Trinajstić information content (AvgIpc) is 2.85. The Hall–Kier alpha value is -1.88. The van der Waals surface area contributed by atoms with E-state index in [1.54, 1.807) is 0 Å². The molecule has 1 fully saturated rings. The first kappa shape index (κ1) is 15.0. The molecule has 1 heterocycles. The van der Waals surface area contributed by atoms with Crippen molar-refractivity contribution in [2.75, 3.05) is 6.61 Å². The molecule has 0 saturated heterocycles. The normalized spacial score (nSPS) is 14.8. The van der Waals surface area contributed by atoms with Gasteiger partial charge in [-0.05, 0) is 37.5 Å². The summed E-state index contributed by atoms with van der Waals surface area (Å²) in [5, 5.41) is 8.51. The zero-order valence-electron chi connectivity index (χ0n) is 13.2. The fourth-order valence-electron chi connectivity index (χ4n) is 2.90. The van der Waals surface area contributed by atoms with E-state index in [1.165, 1.54) is 30.5 Å². The zero-order chi connectivity index (χ0) is 15.4. The van der Waals surface area contributed by atoms with Crippen LogP contribution in [0.15, 0.2) is 24.3 Å². The van der Waals surface area contributed by atoms with Crippen LogP contribution in [0, 0.1) is 6.92 Å². The van der Waals surface area contributed by atoms with E-state index in [0.717, 1.165) is 24.4 Å². The minimum Gasteiger partial charge on any atom is -0.494 e. The van der Waals surface area contributed by atoms with Crippen molar-refractivity contribution < 1.29 is 4.74 Å². The molecular formula is C17H24N4O. The summed E-state index contributed by atoms with van der Waals surface area (Å²) in [7, 11) is 0. The number of rotatable bonds is 7. The van der Waals surface area contributed by atoms with Crippen LogP contribution in [-0.2, 0) is 13.1 Å². The number of hydrogen-bond donors (Lipinski definition) is 1. The molecule has 0 bridgehead atoms. The van der Waals surface area contributed by atoms with Gasteiger partial charge in [-0.25, -0.2) is 4.68 Å². The largest absolute Gasteiger partial charge is 0.494 e. The third-order valence-electron chi connectivity index (χ3n) is 4.30. The fraction of sp³-hybridized carbons (Fsp3) is 0.529. The van der Waals surface area contributed by atoms with Crippen LogP contribution >= 0.6 is 0 Å². The number of nitrogens with zero attached hydrogens (tertiary/aromatic N) is 3. The molecule has 22 heavy (non-hydrogen) atoms. The van der Waals surface area contributed by atoms with Gasteiger partial charge in [0.1, 0.15) is 5.75 Å².